The van der Waals surface area contributed by atoms with Crippen LogP contribution in [0.4, 0.5) is 11.4 Å². The molecule has 0 spiro atoms. The smallest absolute Gasteiger partial charge is 0.337 e. The van der Waals surface area contributed by atoms with Crippen LogP contribution in [0.15, 0.2) is 54.1 Å². The molecule has 2 aromatic rings. The van der Waals surface area contributed by atoms with E-state index in [4.69, 9.17) is 0 Å². The first-order chi connectivity index (χ1) is 12.5. The van der Waals surface area contributed by atoms with E-state index in [1.807, 2.05) is 0 Å². The van der Waals surface area contributed by atoms with Gasteiger partial charge in [0, 0.05) is 11.8 Å². The van der Waals surface area contributed by atoms with E-state index in [1.54, 1.807) is 12.1 Å². The fraction of sp³-hybridized carbons (Fsp3) is 0.0556. The topological polar surface area (TPSA) is 122 Å². The summed E-state index contributed by atoms with van der Waals surface area (Å²) in [5.74, 6) is -1.24. The van der Waals surface area contributed by atoms with Crippen molar-refractivity contribution in [3.63, 3.8) is 0 Å². The van der Waals surface area contributed by atoms with Crippen LogP contribution in [0.1, 0.15) is 15.9 Å². The number of anilines is 1. The lowest BCUT2D eigenvalue weighted by molar-refractivity contribution is -0.385. The van der Waals surface area contributed by atoms with E-state index in [2.05, 4.69) is 10.1 Å². The molecule has 1 amide bonds. The van der Waals surface area contributed by atoms with E-state index in [1.165, 1.54) is 49.6 Å². The molecular formula is C18H13N3O5. The number of nitriles is 1. The third-order valence-electron chi connectivity index (χ3n) is 3.36. The molecule has 0 heterocycles. The van der Waals surface area contributed by atoms with Gasteiger partial charge in [-0.05, 0) is 36.4 Å². The second kappa shape index (κ2) is 8.21. The SMILES string of the molecule is COC(=O)c1ccc(NC(=O)/C(C#N)=C/c2ccccc2[N+](=O)[O-])cc1. The number of hydrogen-bond acceptors (Lipinski definition) is 6. The molecule has 0 aromatic heterocycles. The summed E-state index contributed by atoms with van der Waals surface area (Å²) in [4.78, 5) is 34.0. The summed E-state index contributed by atoms with van der Waals surface area (Å²) in [5, 5.41) is 22.7. The molecule has 8 nitrogen and oxygen atoms in total. The largest absolute Gasteiger partial charge is 0.465 e. The van der Waals surface area contributed by atoms with Crippen LogP contribution in [-0.2, 0) is 9.53 Å². The van der Waals surface area contributed by atoms with Crippen LogP contribution in [0.25, 0.3) is 6.08 Å². The second-order valence-electron chi connectivity index (χ2n) is 5.01. The first kappa shape index (κ1) is 18.4. The Labute approximate surface area is 148 Å². The van der Waals surface area contributed by atoms with Gasteiger partial charge in [0.2, 0.25) is 0 Å². The lowest BCUT2D eigenvalue weighted by Gasteiger charge is -2.05. The first-order valence-electron chi connectivity index (χ1n) is 7.31. The van der Waals surface area contributed by atoms with Crippen molar-refractivity contribution in [2.24, 2.45) is 0 Å². The highest BCUT2D eigenvalue weighted by Gasteiger charge is 2.15. The minimum Gasteiger partial charge on any atom is -0.465 e. The molecule has 0 aliphatic rings. The Kier molecular flexibility index (Phi) is 5.79. The van der Waals surface area contributed by atoms with Gasteiger partial charge in [0.05, 0.1) is 23.2 Å². The summed E-state index contributed by atoms with van der Waals surface area (Å²) in [6, 6.07) is 13.4. The molecule has 130 valence electrons. The number of nitro groups is 1. The predicted molar refractivity (Wildman–Crippen MR) is 93.1 cm³/mol. The lowest BCUT2D eigenvalue weighted by Crippen LogP contribution is -2.13. The number of amides is 1. The second-order valence-corrected chi connectivity index (χ2v) is 5.01. The van der Waals surface area contributed by atoms with Gasteiger partial charge in [-0.1, -0.05) is 12.1 Å². The molecule has 1 N–H and O–H groups in total. The predicted octanol–water partition coefficient (Wildman–Crippen LogP) is 2.93. The van der Waals surface area contributed by atoms with Gasteiger partial charge in [0.15, 0.2) is 0 Å². The van der Waals surface area contributed by atoms with Gasteiger partial charge < -0.3 is 10.1 Å². The van der Waals surface area contributed by atoms with E-state index in [-0.39, 0.29) is 16.8 Å². The van der Waals surface area contributed by atoms with Crippen LogP contribution in [0.2, 0.25) is 0 Å². The Morgan fingerprint density at radius 3 is 2.42 bits per heavy atom. The quantitative estimate of drug-likeness (QED) is 0.290. The van der Waals surface area contributed by atoms with Gasteiger partial charge >= 0.3 is 5.97 Å². The number of esters is 1. The fourth-order valence-electron chi connectivity index (χ4n) is 2.09. The summed E-state index contributed by atoms with van der Waals surface area (Å²) in [7, 11) is 1.25. The number of hydrogen-bond donors (Lipinski definition) is 1. The summed E-state index contributed by atoms with van der Waals surface area (Å²) in [5.41, 5.74) is 0.296. The number of carbonyl (C=O) groups is 2. The molecule has 0 aliphatic carbocycles. The number of methoxy groups -OCH3 is 1. The summed E-state index contributed by atoms with van der Waals surface area (Å²) < 4.78 is 4.58. The minimum atomic E-state index is -0.725. The van der Waals surface area contributed by atoms with Crippen molar-refractivity contribution in [1.82, 2.24) is 0 Å². The van der Waals surface area contributed by atoms with Crippen LogP contribution in [0, 0.1) is 21.4 Å². The van der Waals surface area contributed by atoms with Crippen molar-refractivity contribution < 1.29 is 19.2 Å². The van der Waals surface area contributed by atoms with E-state index in [0.29, 0.717) is 11.3 Å². The molecule has 0 radical (unpaired) electrons. The summed E-state index contributed by atoms with van der Waals surface area (Å²) in [6.07, 6.45) is 1.15. The third-order valence-corrected chi connectivity index (χ3v) is 3.36. The van der Waals surface area contributed by atoms with Crippen LogP contribution in [0.5, 0.6) is 0 Å². The van der Waals surface area contributed by atoms with Crippen molar-refractivity contribution in [3.8, 4) is 6.07 Å². The summed E-state index contributed by atoms with van der Waals surface area (Å²) >= 11 is 0. The third kappa shape index (κ3) is 4.30. The van der Waals surface area contributed by atoms with E-state index in [0.717, 1.165) is 6.08 Å². The van der Waals surface area contributed by atoms with Crippen LogP contribution in [-0.4, -0.2) is 23.9 Å². The van der Waals surface area contributed by atoms with Crippen molar-refractivity contribution >= 4 is 29.3 Å². The van der Waals surface area contributed by atoms with Crippen molar-refractivity contribution in [1.29, 1.82) is 5.26 Å². The molecule has 26 heavy (non-hydrogen) atoms. The van der Waals surface area contributed by atoms with Gasteiger partial charge in [-0.25, -0.2) is 4.79 Å². The molecule has 2 rings (SSSR count). The Morgan fingerprint density at radius 2 is 1.85 bits per heavy atom. The van der Waals surface area contributed by atoms with Gasteiger partial charge in [0.1, 0.15) is 11.6 Å². The Hall–Kier alpha value is -3.99. The Bertz CT molecular complexity index is 927. The number of nitrogens with zero attached hydrogens (tertiary/aromatic N) is 2. The average molecular weight is 351 g/mol. The Balaban J connectivity index is 2.23. The molecule has 0 fully saturated rings. The molecule has 0 atom stereocenters. The number of carbonyl (C=O) groups excluding carboxylic acids is 2. The first-order valence-corrected chi connectivity index (χ1v) is 7.31. The van der Waals surface area contributed by atoms with Gasteiger partial charge in [-0.2, -0.15) is 5.26 Å². The highest BCUT2D eigenvalue weighted by molar-refractivity contribution is 6.10. The fourth-order valence-corrected chi connectivity index (χ4v) is 2.09. The van der Waals surface area contributed by atoms with Crippen LogP contribution >= 0.6 is 0 Å². The number of ether oxygens (including phenoxy) is 1. The number of para-hydroxylation sites is 1. The highest BCUT2D eigenvalue weighted by atomic mass is 16.6. The maximum absolute atomic E-state index is 12.2. The van der Waals surface area contributed by atoms with E-state index < -0.39 is 16.8 Å². The molecule has 0 saturated heterocycles. The van der Waals surface area contributed by atoms with E-state index >= 15 is 0 Å². The van der Waals surface area contributed by atoms with Crippen molar-refractivity contribution in [3.05, 3.63) is 75.3 Å². The number of nitrogens with one attached hydrogen (secondary N) is 1. The molecular weight excluding hydrogens is 338 g/mol. The zero-order valence-corrected chi connectivity index (χ0v) is 13.6. The monoisotopic (exact) mass is 351 g/mol. The van der Waals surface area contributed by atoms with Gasteiger partial charge in [-0.15, -0.1) is 0 Å². The number of nitro benzene ring substituents is 1. The molecule has 0 aliphatic heterocycles. The Morgan fingerprint density at radius 1 is 1.19 bits per heavy atom. The molecule has 2 aromatic carbocycles. The molecule has 0 bridgehead atoms. The standard InChI is InChI=1S/C18H13N3O5/c1-26-18(23)12-6-8-15(9-7-12)20-17(22)14(11-19)10-13-4-2-3-5-16(13)21(24)25/h2-10H,1H3,(H,20,22)/b14-10+. The average Bonchev–Trinajstić information content (AvgIpc) is 2.66. The maximum atomic E-state index is 12.2. The maximum Gasteiger partial charge on any atom is 0.337 e. The van der Waals surface area contributed by atoms with Gasteiger partial charge in [0.25, 0.3) is 11.6 Å². The van der Waals surface area contributed by atoms with E-state index in [9.17, 15) is 25.0 Å². The zero-order valence-electron chi connectivity index (χ0n) is 13.6. The van der Waals surface area contributed by atoms with Gasteiger partial charge in [-0.3, -0.25) is 14.9 Å². The van der Waals surface area contributed by atoms with Crippen LogP contribution in [0.3, 0.4) is 0 Å². The van der Waals surface area contributed by atoms with Crippen molar-refractivity contribution in [2.45, 2.75) is 0 Å². The highest BCUT2D eigenvalue weighted by Crippen LogP contribution is 2.21. The number of rotatable bonds is 5. The normalized spacial score (nSPS) is 10.5. The minimum absolute atomic E-state index is 0.144. The number of benzene rings is 2. The van der Waals surface area contributed by atoms with Crippen LogP contribution < -0.4 is 5.32 Å². The summed E-state index contributed by atoms with van der Waals surface area (Å²) in [6.45, 7) is 0. The lowest BCUT2D eigenvalue weighted by atomic mass is 10.1. The molecule has 0 unspecified atom stereocenters. The van der Waals surface area contributed by atoms with Crippen molar-refractivity contribution in [2.75, 3.05) is 12.4 Å². The molecule has 8 heteroatoms. The molecule has 0 saturated carbocycles. The zero-order chi connectivity index (χ0) is 19.1.